The molecule has 6 heteroatoms. The van der Waals surface area contributed by atoms with Gasteiger partial charge in [0.2, 0.25) is 0 Å². The highest BCUT2D eigenvalue weighted by molar-refractivity contribution is 8.05. The number of nitriles is 1. The molecule has 0 radical (unpaired) electrons. The highest BCUT2D eigenvalue weighted by atomic mass is 32.2. The standard InChI is InChI=1S/C5H7NO3S2/c6-3-10-5-2-11(8,9)1-4(5)7/h4-5,7H,1-2H2. The summed E-state index contributed by atoms with van der Waals surface area (Å²) in [7, 11) is -3.09. The van der Waals surface area contributed by atoms with Crippen molar-refractivity contribution < 1.29 is 13.5 Å². The highest BCUT2D eigenvalue weighted by Crippen LogP contribution is 2.23. The normalized spacial score (nSPS) is 34.9. The van der Waals surface area contributed by atoms with Crippen LogP contribution in [0.5, 0.6) is 0 Å². The van der Waals surface area contributed by atoms with E-state index in [9.17, 15) is 8.42 Å². The van der Waals surface area contributed by atoms with Crippen LogP contribution in [0.3, 0.4) is 0 Å². The van der Waals surface area contributed by atoms with Crippen LogP contribution in [0.15, 0.2) is 0 Å². The quantitative estimate of drug-likeness (QED) is 0.560. The topological polar surface area (TPSA) is 78.2 Å². The largest absolute Gasteiger partial charge is 0.391 e. The first-order valence-electron chi connectivity index (χ1n) is 2.98. The molecule has 1 aliphatic rings. The minimum atomic E-state index is -3.09. The van der Waals surface area contributed by atoms with Gasteiger partial charge in [0.05, 0.1) is 22.9 Å². The highest BCUT2D eigenvalue weighted by Gasteiger charge is 2.36. The molecule has 1 heterocycles. The molecule has 4 nitrogen and oxygen atoms in total. The van der Waals surface area contributed by atoms with Gasteiger partial charge in [0.1, 0.15) is 5.40 Å². The Labute approximate surface area is 69.1 Å². The monoisotopic (exact) mass is 193 g/mol. The molecule has 62 valence electrons. The minimum absolute atomic E-state index is 0.0770. The Balaban J connectivity index is 2.68. The zero-order valence-corrected chi connectivity index (χ0v) is 7.23. The SMILES string of the molecule is N#CSC1CS(=O)(=O)CC1O. The molecule has 0 aliphatic carbocycles. The summed E-state index contributed by atoms with van der Waals surface area (Å²) in [6.07, 6.45) is -0.871. The van der Waals surface area contributed by atoms with Crippen molar-refractivity contribution >= 4 is 21.6 Å². The number of aliphatic hydroxyl groups is 1. The predicted octanol–water partition coefficient (Wildman–Crippen LogP) is -0.641. The third-order valence-corrected chi connectivity index (χ3v) is 4.29. The fourth-order valence-electron chi connectivity index (χ4n) is 0.977. The Hall–Kier alpha value is -0.250. The van der Waals surface area contributed by atoms with Crippen molar-refractivity contribution in [2.45, 2.75) is 11.4 Å². The third kappa shape index (κ3) is 2.09. The molecule has 2 unspecified atom stereocenters. The molecule has 1 fully saturated rings. The summed E-state index contributed by atoms with van der Waals surface area (Å²) >= 11 is 0.826. The van der Waals surface area contributed by atoms with Crippen LogP contribution in [0.2, 0.25) is 0 Å². The Morgan fingerprint density at radius 3 is 2.55 bits per heavy atom. The van der Waals surface area contributed by atoms with E-state index < -0.39 is 21.2 Å². The molecule has 11 heavy (non-hydrogen) atoms. The average Bonchev–Trinajstić information content (AvgIpc) is 2.07. The zero-order chi connectivity index (χ0) is 8.48. The fraction of sp³-hybridized carbons (Fsp3) is 0.800. The van der Waals surface area contributed by atoms with Crippen molar-refractivity contribution in [1.82, 2.24) is 0 Å². The summed E-state index contributed by atoms with van der Waals surface area (Å²) in [4.78, 5) is 0. The molecule has 0 aromatic carbocycles. The molecule has 0 bridgehead atoms. The molecule has 0 spiro atoms. The second-order valence-corrected chi connectivity index (χ2v) is 5.57. The third-order valence-electron chi connectivity index (χ3n) is 1.48. The maximum absolute atomic E-state index is 10.8. The number of nitrogens with zero attached hydrogens (tertiary/aromatic N) is 1. The van der Waals surface area contributed by atoms with E-state index in [1.807, 2.05) is 0 Å². The van der Waals surface area contributed by atoms with Gasteiger partial charge < -0.3 is 5.11 Å². The maximum Gasteiger partial charge on any atom is 0.154 e. The summed E-state index contributed by atoms with van der Waals surface area (Å²) in [5.74, 6) is -0.279. The number of rotatable bonds is 1. The van der Waals surface area contributed by atoms with Crippen LogP contribution in [0, 0.1) is 10.7 Å². The van der Waals surface area contributed by atoms with Gasteiger partial charge in [-0.05, 0) is 11.8 Å². The van der Waals surface area contributed by atoms with Gasteiger partial charge in [0, 0.05) is 0 Å². The van der Waals surface area contributed by atoms with E-state index in [0.29, 0.717) is 0 Å². The predicted molar refractivity (Wildman–Crippen MR) is 41.7 cm³/mol. The smallest absolute Gasteiger partial charge is 0.154 e. The van der Waals surface area contributed by atoms with E-state index in [1.165, 1.54) is 0 Å². The second-order valence-electron chi connectivity index (χ2n) is 2.39. The Morgan fingerprint density at radius 2 is 2.18 bits per heavy atom. The van der Waals surface area contributed by atoms with Crippen LogP contribution >= 0.6 is 11.8 Å². The first-order valence-corrected chi connectivity index (χ1v) is 5.68. The lowest BCUT2D eigenvalue weighted by Gasteiger charge is -2.04. The molecule has 1 N–H and O–H groups in total. The first-order chi connectivity index (χ1) is 5.05. The van der Waals surface area contributed by atoms with Crippen molar-refractivity contribution in [2.24, 2.45) is 0 Å². The molecule has 0 amide bonds. The number of hydrogen-bond donors (Lipinski definition) is 1. The van der Waals surface area contributed by atoms with Gasteiger partial charge >= 0.3 is 0 Å². The summed E-state index contributed by atoms with van der Waals surface area (Å²) in [6, 6.07) is 0. The molecule has 0 saturated carbocycles. The van der Waals surface area contributed by atoms with Gasteiger partial charge in [-0.25, -0.2) is 8.42 Å². The Kier molecular flexibility index (Phi) is 2.42. The van der Waals surface area contributed by atoms with Gasteiger partial charge in [-0.3, -0.25) is 0 Å². The van der Waals surface area contributed by atoms with E-state index >= 15 is 0 Å². The van der Waals surface area contributed by atoms with E-state index in [2.05, 4.69) is 0 Å². The van der Waals surface area contributed by atoms with Gasteiger partial charge in [-0.1, -0.05) is 0 Å². The molecule has 1 aliphatic heterocycles. The lowest BCUT2D eigenvalue weighted by atomic mass is 10.3. The van der Waals surface area contributed by atoms with Crippen LogP contribution in [0.25, 0.3) is 0 Å². The van der Waals surface area contributed by atoms with E-state index in [4.69, 9.17) is 10.4 Å². The van der Waals surface area contributed by atoms with Gasteiger partial charge in [-0.2, -0.15) is 5.26 Å². The van der Waals surface area contributed by atoms with Crippen LogP contribution in [0.4, 0.5) is 0 Å². The van der Waals surface area contributed by atoms with Crippen LogP contribution in [0.1, 0.15) is 0 Å². The Morgan fingerprint density at radius 1 is 1.55 bits per heavy atom. The van der Waals surface area contributed by atoms with Crippen molar-refractivity contribution in [3.63, 3.8) is 0 Å². The van der Waals surface area contributed by atoms with Crippen molar-refractivity contribution in [3.05, 3.63) is 0 Å². The summed E-state index contributed by atoms with van der Waals surface area (Å²) in [6.45, 7) is 0. The lowest BCUT2D eigenvalue weighted by molar-refractivity contribution is 0.208. The number of hydrogen-bond acceptors (Lipinski definition) is 5. The summed E-state index contributed by atoms with van der Waals surface area (Å²) < 4.78 is 21.7. The number of aliphatic hydroxyl groups excluding tert-OH is 1. The van der Waals surface area contributed by atoms with Crippen molar-refractivity contribution in [2.75, 3.05) is 11.5 Å². The molecule has 0 aromatic heterocycles. The van der Waals surface area contributed by atoms with Crippen LogP contribution < -0.4 is 0 Å². The zero-order valence-electron chi connectivity index (χ0n) is 5.60. The summed E-state index contributed by atoms with van der Waals surface area (Å²) in [5, 5.41) is 18.6. The second kappa shape index (κ2) is 3.01. The Bertz CT molecular complexity index is 279. The number of thiocyanates is 1. The van der Waals surface area contributed by atoms with Crippen LogP contribution in [-0.4, -0.2) is 36.4 Å². The van der Waals surface area contributed by atoms with E-state index in [1.54, 1.807) is 5.40 Å². The van der Waals surface area contributed by atoms with Crippen LogP contribution in [-0.2, 0) is 9.84 Å². The van der Waals surface area contributed by atoms with Crippen molar-refractivity contribution in [1.29, 1.82) is 5.26 Å². The molecule has 2 atom stereocenters. The number of sulfone groups is 1. The molecule has 1 rings (SSSR count). The minimum Gasteiger partial charge on any atom is -0.391 e. The maximum atomic E-state index is 10.8. The first kappa shape index (κ1) is 8.84. The van der Waals surface area contributed by atoms with Gasteiger partial charge in [-0.15, -0.1) is 0 Å². The molecular formula is C5H7NO3S2. The van der Waals surface area contributed by atoms with Crippen molar-refractivity contribution in [3.8, 4) is 5.40 Å². The van der Waals surface area contributed by atoms with E-state index in [-0.39, 0.29) is 11.5 Å². The number of thioether (sulfide) groups is 1. The summed E-state index contributed by atoms with van der Waals surface area (Å²) in [5.41, 5.74) is 0. The molecule has 0 aromatic rings. The average molecular weight is 193 g/mol. The fourth-order valence-corrected chi connectivity index (χ4v) is 3.99. The molecule has 1 saturated heterocycles. The van der Waals surface area contributed by atoms with Gasteiger partial charge in [0.15, 0.2) is 9.84 Å². The lowest BCUT2D eigenvalue weighted by Crippen LogP contribution is -2.19. The molecular weight excluding hydrogens is 186 g/mol. The van der Waals surface area contributed by atoms with E-state index in [0.717, 1.165) is 11.8 Å². The van der Waals surface area contributed by atoms with Gasteiger partial charge in [0.25, 0.3) is 0 Å².